The van der Waals surface area contributed by atoms with E-state index in [1.54, 1.807) is 24.3 Å². The topological polar surface area (TPSA) is 118 Å². The predicted octanol–water partition coefficient (Wildman–Crippen LogP) is 2.76. The number of furan rings is 1. The lowest BCUT2D eigenvalue weighted by Gasteiger charge is -2.21. The molecule has 0 saturated heterocycles. The van der Waals surface area contributed by atoms with Crippen LogP contribution in [0.1, 0.15) is 26.0 Å². The van der Waals surface area contributed by atoms with E-state index in [-0.39, 0.29) is 19.1 Å². The van der Waals surface area contributed by atoms with Gasteiger partial charge in [-0.15, -0.1) is 0 Å². The minimum absolute atomic E-state index is 0.0295. The predicted molar refractivity (Wildman–Crippen MR) is 99.4 cm³/mol. The van der Waals surface area contributed by atoms with Crippen LogP contribution in [0.4, 0.5) is 0 Å². The Morgan fingerprint density at radius 3 is 2.43 bits per heavy atom. The molecule has 2 atom stereocenters. The molecule has 150 valence electrons. The van der Waals surface area contributed by atoms with Gasteiger partial charge >= 0.3 is 11.9 Å². The number of aliphatic carboxylic acids is 2. The van der Waals surface area contributed by atoms with E-state index in [1.807, 2.05) is 19.9 Å². The van der Waals surface area contributed by atoms with Gasteiger partial charge in [0.05, 0.1) is 0 Å². The second-order valence-corrected chi connectivity index (χ2v) is 7.12. The van der Waals surface area contributed by atoms with Crippen LogP contribution >= 0.6 is 0 Å². The minimum atomic E-state index is -1.13. The Labute approximate surface area is 162 Å². The van der Waals surface area contributed by atoms with Gasteiger partial charge in [-0.05, 0) is 42.7 Å². The lowest BCUT2D eigenvalue weighted by molar-refractivity contribution is -0.143. The highest BCUT2D eigenvalue weighted by molar-refractivity contribution is 5.77. The van der Waals surface area contributed by atoms with Crippen LogP contribution in [0.2, 0.25) is 0 Å². The summed E-state index contributed by atoms with van der Waals surface area (Å²) in [4.78, 5) is 23.1. The number of hydrogen-bond donors (Lipinski definition) is 3. The van der Waals surface area contributed by atoms with Gasteiger partial charge in [0.25, 0.3) is 0 Å². The average molecular weight is 389 g/mol. The molecular formula is C20H23NO7. The SMILES string of the molecule is CC(C)C[C@H](N[C@@H](Cc1ccc(-c2ccc3c(c2)OCO3)o1)C(=O)O)C(=O)O. The fourth-order valence-corrected chi connectivity index (χ4v) is 3.07. The Morgan fingerprint density at radius 2 is 1.75 bits per heavy atom. The van der Waals surface area contributed by atoms with Crippen molar-refractivity contribution in [1.82, 2.24) is 5.32 Å². The number of benzene rings is 1. The van der Waals surface area contributed by atoms with Crippen molar-refractivity contribution in [3.63, 3.8) is 0 Å². The molecule has 1 aliphatic rings. The van der Waals surface area contributed by atoms with Crippen LogP contribution in [0.3, 0.4) is 0 Å². The molecule has 0 aliphatic carbocycles. The third-order valence-corrected chi connectivity index (χ3v) is 4.43. The highest BCUT2D eigenvalue weighted by atomic mass is 16.7. The maximum atomic E-state index is 11.6. The van der Waals surface area contributed by atoms with Crippen LogP contribution in [0.5, 0.6) is 11.5 Å². The van der Waals surface area contributed by atoms with E-state index in [0.29, 0.717) is 29.4 Å². The third kappa shape index (κ3) is 4.64. The Hall–Kier alpha value is -3.00. The second-order valence-electron chi connectivity index (χ2n) is 7.12. The molecule has 0 unspecified atom stereocenters. The van der Waals surface area contributed by atoms with E-state index in [4.69, 9.17) is 13.9 Å². The van der Waals surface area contributed by atoms with Gasteiger partial charge in [-0.3, -0.25) is 14.9 Å². The first-order chi connectivity index (χ1) is 13.3. The molecule has 8 nitrogen and oxygen atoms in total. The number of carbonyl (C=O) groups is 2. The Kier molecular flexibility index (Phi) is 5.89. The van der Waals surface area contributed by atoms with Crippen molar-refractivity contribution in [3.8, 4) is 22.8 Å². The summed E-state index contributed by atoms with van der Waals surface area (Å²) >= 11 is 0. The molecule has 2 heterocycles. The Morgan fingerprint density at radius 1 is 1.04 bits per heavy atom. The van der Waals surface area contributed by atoms with E-state index in [0.717, 1.165) is 5.56 Å². The van der Waals surface area contributed by atoms with E-state index in [9.17, 15) is 19.8 Å². The molecule has 1 aromatic carbocycles. The first-order valence-corrected chi connectivity index (χ1v) is 9.04. The summed E-state index contributed by atoms with van der Waals surface area (Å²) in [5.41, 5.74) is 0.776. The third-order valence-electron chi connectivity index (χ3n) is 4.43. The number of ether oxygens (including phenoxy) is 2. The fraction of sp³-hybridized carbons (Fsp3) is 0.400. The van der Waals surface area contributed by atoms with Crippen LogP contribution in [0.25, 0.3) is 11.3 Å². The quantitative estimate of drug-likeness (QED) is 0.599. The van der Waals surface area contributed by atoms with Crippen LogP contribution in [0, 0.1) is 5.92 Å². The molecule has 3 rings (SSSR count). The summed E-state index contributed by atoms with van der Waals surface area (Å²) < 4.78 is 16.4. The van der Waals surface area contributed by atoms with Crippen LogP contribution in [-0.2, 0) is 16.0 Å². The van der Waals surface area contributed by atoms with Gasteiger partial charge < -0.3 is 24.1 Å². The van der Waals surface area contributed by atoms with Gasteiger partial charge in [0.1, 0.15) is 23.6 Å². The van der Waals surface area contributed by atoms with E-state index in [1.165, 1.54) is 0 Å². The molecule has 0 spiro atoms. The van der Waals surface area contributed by atoms with Crippen molar-refractivity contribution in [2.75, 3.05) is 6.79 Å². The largest absolute Gasteiger partial charge is 0.480 e. The van der Waals surface area contributed by atoms with Gasteiger partial charge in [-0.1, -0.05) is 13.8 Å². The fourth-order valence-electron chi connectivity index (χ4n) is 3.07. The average Bonchev–Trinajstić information content (AvgIpc) is 3.28. The van der Waals surface area contributed by atoms with E-state index < -0.39 is 24.0 Å². The van der Waals surface area contributed by atoms with Crippen molar-refractivity contribution in [2.24, 2.45) is 5.92 Å². The molecule has 28 heavy (non-hydrogen) atoms. The molecule has 3 N–H and O–H groups in total. The highest BCUT2D eigenvalue weighted by Gasteiger charge is 2.27. The molecule has 1 aromatic heterocycles. The normalized spacial score (nSPS) is 14.8. The highest BCUT2D eigenvalue weighted by Crippen LogP contribution is 2.36. The van der Waals surface area contributed by atoms with Gasteiger partial charge in [-0.25, -0.2) is 0 Å². The van der Waals surface area contributed by atoms with Crippen LogP contribution < -0.4 is 14.8 Å². The van der Waals surface area contributed by atoms with Crippen LogP contribution in [-0.4, -0.2) is 41.0 Å². The number of hydrogen-bond acceptors (Lipinski definition) is 6. The molecule has 2 aromatic rings. The zero-order valence-corrected chi connectivity index (χ0v) is 15.7. The summed E-state index contributed by atoms with van der Waals surface area (Å²) in [7, 11) is 0. The summed E-state index contributed by atoms with van der Waals surface area (Å²) in [6, 6.07) is 6.82. The summed E-state index contributed by atoms with van der Waals surface area (Å²) in [6.45, 7) is 3.95. The summed E-state index contributed by atoms with van der Waals surface area (Å²) in [6.07, 6.45) is 0.363. The standard InChI is InChI=1S/C20H23NO7/c1-11(2)7-14(19(22)23)21-15(20(24)25)9-13-4-6-16(28-13)12-3-5-17-18(8-12)27-10-26-17/h3-6,8,11,14-15,21H,7,9-10H2,1-2H3,(H,22,23)(H,24,25)/t14-,15-/m0/s1. The molecular weight excluding hydrogens is 366 g/mol. The molecule has 0 bridgehead atoms. The van der Waals surface area contributed by atoms with E-state index >= 15 is 0 Å². The smallest absolute Gasteiger partial charge is 0.321 e. The molecule has 0 fully saturated rings. The van der Waals surface area contributed by atoms with Gasteiger partial charge in [-0.2, -0.15) is 0 Å². The zero-order chi connectivity index (χ0) is 20.3. The molecule has 0 radical (unpaired) electrons. The number of carboxylic acid groups (broad SMARTS) is 2. The number of nitrogens with one attached hydrogen (secondary N) is 1. The van der Waals surface area contributed by atoms with Gasteiger partial charge in [0.15, 0.2) is 11.5 Å². The van der Waals surface area contributed by atoms with E-state index in [2.05, 4.69) is 5.32 Å². The van der Waals surface area contributed by atoms with Crippen molar-refractivity contribution in [1.29, 1.82) is 0 Å². The summed E-state index contributed by atoms with van der Waals surface area (Å²) in [5, 5.41) is 21.6. The molecule has 1 aliphatic heterocycles. The number of fused-ring (bicyclic) bond motifs is 1. The monoisotopic (exact) mass is 389 g/mol. The van der Waals surface area contributed by atoms with Crippen molar-refractivity contribution in [3.05, 3.63) is 36.1 Å². The first kappa shape index (κ1) is 19.8. The Bertz CT molecular complexity index is 858. The van der Waals surface area contributed by atoms with Crippen molar-refractivity contribution < 1.29 is 33.7 Å². The second kappa shape index (κ2) is 8.35. The van der Waals surface area contributed by atoms with Gasteiger partial charge in [0.2, 0.25) is 6.79 Å². The molecule has 8 heteroatoms. The lowest BCUT2D eigenvalue weighted by Crippen LogP contribution is -2.48. The maximum absolute atomic E-state index is 11.6. The Balaban J connectivity index is 1.72. The number of carboxylic acids is 2. The maximum Gasteiger partial charge on any atom is 0.321 e. The number of rotatable bonds is 9. The van der Waals surface area contributed by atoms with Crippen molar-refractivity contribution in [2.45, 2.75) is 38.8 Å². The lowest BCUT2D eigenvalue weighted by atomic mass is 10.0. The minimum Gasteiger partial charge on any atom is -0.480 e. The van der Waals surface area contributed by atoms with Crippen molar-refractivity contribution >= 4 is 11.9 Å². The zero-order valence-electron chi connectivity index (χ0n) is 15.7. The van der Waals surface area contributed by atoms with Crippen LogP contribution in [0.15, 0.2) is 34.7 Å². The van der Waals surface area contributed by atoms with Gasteiger partial charge in [0, 0.05) is 12.0 Å². The first-order valence-electron chi connectivity index (χ1n) is 9.04. The molecule has 0 saturated carbocycles. The molecule has 0 amide bonds. The summed E-state index contributed by atoms with van der Waals surface area (Å²) in [5.74, 6) is 0.213.